The van der Waals surface area contributed by atoms with Gasteiger partial charge in [-0.25, -0.2) is 9.37 Å². The second-order valence-corrected chi connectivity index (χ2v) is 10.1. The molecule has 3 aromatic heterocycles. The van der Waals surface area contributed by atoms with Gasteiger partial charge in [0.25, 0.3) is 0 Å². The third kappa shape index (κ3) is 3.00. The lowest BCUT2D eigenvalue weighted by atomic mass is 9.89. The van der Waals surface area contributed by atoms with E-state index in [4.69, 9.17) is 4.98 Å². The van der Waals surface area contributed by atoms with Gasteiger partial charge in [0.1, 0.15) is 11.0 Å². The van der Waals surface area contributed by atoms with Crippen LogP contribution in [-0.4, -0.2) is 67.7 Å². The van der Waals surface area contributed by atoms with Gasteiger partial charge in [0, 0.05) is 29.4 Å². The highest BCUT2D eigenvalue weighted by Crippen LogP contribution is 2.42. The second-order valence-electron chi connectivity index (χ2n) is 10.1. The Morgan fingerprint density at radius 2 is 1.77 bits per heavy atom. The van der Waals surface area contributed by atoms with Gasteiger partial charge in [-0.3, -0.25) is 10.00 Å². The summed E-state index contributed by atoms with van der Waals surface area (Å²) >= 11 is 0. The van der Waals surface area contributed by atoms with Crippen LogP contribution in [0.3, 0.4) is 0 Å². The number of halogens is 1. The molecule has 9 heteroatoms. The summed E-state index contributed by atoms with van der Waals surface area (Å²) in [6, 6.07) is 4.03. The van der Waals surface area contributed by atoms with E-state index < -0.39 is 0 Å². The van der Waals surface area contributed by atoms with Crippen LogP contribution in [0, 0.1) is 26.6 Å². The zero-order valence-electron chi connectivity index (χ0n) is 20.9. The van der Waals surface area contributed by atoms with Crippen molar-refractivity contribution in [3.05, 3.63) is 40.8 Å². The number of H-pyrrole nitrogens is 2. The van der Waals surface area contributed by atoms with Crippen LogP contribution in [0.5, 0.6) is 0 Å². The maximum absolute atomic E-state index is 16.5. The summed E-state index contributed by atoms with van der Waals surface area (Å²) in [7, 11) is 2.13. The van der Waals surface area contributed by atoms with Crippen LogP contribution < -0.4 is 4.90 Å². The molecule has 0 amide bonds. The molecule has 8 nitrogen and oxygen atoms in total. The van der Waals surface area contributed by atoms with E-state index in [1.54, 1.807) is 6.20 Å². The van der Waals surface area contributed by atoms with Gasteiger partial charge in [0.05, 0.1) is 17.3 Å². The number of nitrogens with one attached hydrogen (secondary N) is 2. The summed E-state index contributed by atoms with van der Waals surface area (Å²) in [6.45, 7) is 13.0. The third-order valence-electron chi connectivity index (χ3n) is 7.94. The maximum Gasteiger partial charge on any atom is 0.159 e. The van der Waals surface area contributed by atoms with Crippen LogP contribution in [0.15, 0.2) is 18.3 Å². The lowest BCUT2D eigenvalue weighted by molar-refractivity contribution is 0.109. The molecule has 6 rings (SSSR count). The summed E-state index contributed by atoms with van der Waals surface area (Å²) in [4.78, 5) is 9.39. The summed E-state index contributed by atoms with van der Waals surface area (Å²) in [5.74, 6) is 0.336. The molecular formula is C26H29FN8. The predicted octanol–water partition coefficient (Wildman–Crippen LogP) is 4.64. The van der Waals surface area contributed by atoms with Gasteiger partial charge in [-0.2, -0.15) is 20.5 Å². The molecule has 2 aromatic carbocycles. The predicted molar refractivity (Wildman–Crippen MR) is 137 cm³/mol. The quantitative estimate of drug-likeness (QED) is 0.396. The average molecular weight is 473 g/mol. The number of anilines is 1. The molecule has 0 saturated carbocycles. The fraction of sp³-hybridized carbons (Fsp3) is 0.385. The molecule has 35 heavy (non-hydrogen) atoms. The number of likely N-dealkylation sites (N-methyl/N-ethyl adjacent to an activating group) is 1. The van der Waals surface area contributed by atoms with E-state index in [1.165, 1.54) is 0 Å². The van der Waals surface area contributed by atoms with Gasteiger partial charge in [-0.1, -0.05) is 6.92 Å². The summed E-state index contributed by atoms with van der Waals surface area (Å²) < 4.78 is 16.5. The first-order valence-electron chi connectivity index (χ1n) is 12.0. The maximum atomic E-state index is 16.5. The fourth-order valence-electron chi connectivity index (χ4n) is 5.52. The highest BCUT2D eigenvalue weighted by molar-refractivity contribution is 6.09. The van der Waals surface area contributed by atoms with Crippen LogP contribution in [0.2, 0.25) is 0 Å². The van der Waals surface area contributed by atoms with Crippen LogP contribution in [0.25, 0.3) is 44.0 Å². The zero-order chi connectivity index (χ0) is 24.6. The van der Waals surface area contributed by atoms with E-state index in [9.17, 15) is 0 Å². The number of benzene rings is 2. The summed E-state index contributed by atoms with van der Waals surface area (Å²) in [6.07, 6.45) is 1.77. The van der Waals surface area contributed by atoms with Gasteiger partial charge in [0.15, 0.2) is 17.2 Å². The number of rotatable bonds is 4. The van der Waals surface area contributed by atoms with Gasteiger partial charge in [0.2, 0.25) is 0 Å². The highest BCUT2D eigenvalue weighted by Gasteiger charge is 2.43. The number of aryl methyl sites for hydroxylation is 2. The van der Waals surface area contributed by atoms with Crippen molar-refractivity contribution in [1.82, 2.24) is 35.5 Å². The zero-order valence-corrected chi connectivity index (χ0v) is 20.9. The number of aromatic nitrogens is 6. The van der Waals surface area contributed by atoms with Crippen molar-refractivity contribution in [1.29, 1.82) is 0 Å². The standard InChI is InChI=1S/C26H29FN8/c1-7-34(6)26(5)11-35(12-26)25-24-23(31-33-32-24)16-8-14(3)19(21(27)22(16)29-25)20-15(4)13(2)9-18-17(20)10-28-30-18/h8-10H,7,11-12H2,1-6H3,(H,28,30)(H,31,32,33). The average Bonchev–Trinajstić information content (AvgIpc) is 3.48. The van der Waals surface area contributed by atoms with Crippen LogP contribution in [0.1, 0.15) is 30.5 Å². The Labute approximate surface area is 202 Å². The molecule has 0 radical (unpaired) electrons. The number of aromatic amines is 2. The van der Waals surface area contributed by atoms with Crippen molar-refractivity contribution >= 4 is 38.7 Å². The molecule has 0 aliphatic carbocycles. The summed E-state index contributed by atoms with van der Waals surface area (Å²) in [5, 5.41) is 20.4. The van der Waals surface area contributed by atoms with E-state index in [1.807, 2.05) is 26.8 Å². The van der Waals surface area contributed by atoms with Crippen LogP contribution in [-0.2, 0) is 0 Å². The molecule has 180 valence electrons. The van der Waals surface area contributed by atoms with Crippen LogP contribution >= 0.6 is 0 Å². The van der Waals surface area contributed by atoms with Crippen molar-refractivity contribution in [2.75, 3.05) is 31.6 Å². The van der Waals surface area contributed by atoms with E-state index in [0.717, 1.165) is 52.8 Å². The molecule has 5 aromatic rings. The van der Waals surface area contributed by atoms with Gasteiger partial charge in [-0.05, 0) is 75.7 Å². The normalized spacial score (nSPS) is 15.6. The molecule has 1 aliphatic rings. The Kier molecular flexibility index (Phi) is 4.67. The Balaban J connectivity index is 1.59. The smallest absolute Gasteiger partial charge is 0.159 e. The molecule has 2 N–H and O–H groups in total. The van der Waals surface area contributed by atoms with Crippen molar-refractivity contribution in [3.63, 3.8) is 0 Å². The van der Waals surface area contributed by atoms with E-state index in [-0.39, 0.29) is 11.4 Å². The van der Waals surface area contributed by atoms with Gasteiger partial charge in [-0.15, -0.1) is 0 Å². The minimum Gasteiger partial charge on any atom is -0.351 e. The van der Waals surface area contributed by atoms with Crippen molar-refractivity contribution in [2.45, 2.75) is 40.2 Å². The Bertz CT molecular complexity index is 1630. The van der Waals surface area contributed by atoms with E-state index in [2.05, 4.69) is 62.4 Å². The molecule has 1 aliphatic heterocycles. The summed E-state index contributed by atoms with van der Waals surface area (Å²) in [5.41, 5.74) is 6.93. The topological polar surface area (TPSA) is 89.6 Å². The van der Waals surface area contributed by atoms with Crippen molar-refractivity contribution in [2.24, 2.45) is 0 Å². The minimum atomic E-state index is -0.337. The lowest BCUT2D eigenvalue weighted by Gasteiger charge is -2.53. The Morgan fingerprint density at radius 1 is 1.03 bits per heavy atom. The first kappa shape index (κ1) is 21.9. The fourth-order valence-corrected chi connectivity index (χ4v) is 5.52. The molecule has 0 bridgehead atoms. The lowest BCUT2D eigenvalue weighted by Crippen LogP contribution is -2.68. The Hall–Kier alpha value is -3.59. The molecule has 0 spiro atoms. The first-order chi connectivity index (χ1) is 16.7. The first-order valence-corrected chi connectivity index (χ1v) is 12.0. The van der Waals surface area contributed by atoms with Crippen molar-refractivity contribution < 1.29 is 4.39 Å². The number of pyridine rings is 1. The molecule has 1 saturated heterocycles. The monoisotopic (exact) mass is 472 g/mol. The van der Waals surface area contributed by atoms with E-state index in [0.29, 0.717) is 33.3 Å². The molecule has 4 heterocycles. The van der Waals surface area contributed by atoms with Gasteiger partial charge >= 0.3 is 0 Å². The minimum absolute atomic E-state index is 0.0456. The van der Waals surface area contributed by atoms with E-state index >= 15 is 4.39 Å². The number of hydrogen-bond donors (Lipinski definition) is 2. The Morgan fingerprint density at radius 3 is 2.51 bits per heavy atom. The SMILES string of the molecule is CCN(C)C1(C)CN(c2nc3c(F)c(-c4c(C)c(C)cc5[nH]ncc45)c(C)cc3c3n[nH]nc23)C1. The number of nitrogens with zero attached hydrogens (tertiary/aromatic N) is 6. The largest absolute Gasteiger partial charge is 0.351 e. The molecule has 0 unspecified atom stereocenters. The van der Waals surface area contributed by atoms with Gasteiger partial charge < -0.3 is 4.90 Å². The molecule has 0 atom stereocenters. The third-order valence-corrected chi connectivity index (χ3v) is 7.94. The van der Waals surface area contributed by atoms with Crippen molar-refractivity contribution in [3.8, 4) is 11.1 Å². The molecular weight excluding hydrogens is 443 g/mol. The highest BCUT2D eigenvalue weighted by atomic mass is 19.1. The molecule has 1 fully saturated rings. The second kappa shape index (κ2) is 7.45. The number of hydrogen-bond acceptors (Lipinski definition) is 6. The number of fused-ring (bicyclic) bond motifs is 4. The van der Waals surface area contributed by atoms with Crippen LogP contribution in [0.4, 0.5) is 10.2 Å².